The van der Waals surface area contributed by atoms with Crippen molar-refractivity contribution in [1.29, 1.82) is 0 Å². The Labute approximate surface area is 176 Å². The maximum absolute atomic E-state index is 14.7. The Bertz CT molecular complexity index is 993. The number of halogens is 2. The molecule has 4 rings (SSSR count). The highest BCUT2D eigenvalue weighted by Gasteiger charge is 2.37. The Balaban J connectivity index is 1.53. The summed E-state index contributed by atoms with van der Waals surface area (Å²) in [6, 6.07) is 10.2. The second kappa shape index (κ2) is 8.73. The van der Waals surface area contributed by atoms with Gasteiger partial charge in [0.1, 0.15) is 17.4 Å². The van der Waals surface area contributed by atoms with Crippen molar-refractivity contribution in [3.8, 4) is 5.75 Å². The predicted octanol–water partition coefficient (Wildman–Crippen LogP) is 6.70. The summed E-state index contributed by atoms with van der Waals surface area (Å²) < 4.78 is 34.8. The third kappa shape index (κ3) is 3.81. The smallest absolute Gasteiger partial charge is 0.134 e. The van der Waals surface area contributed by atoms with Crippen LogP contribution in [-0.4, -0.2) is 11.7 Å². The molecule has 4 heteroatoms. The van der Waals surface area contributed by atoms with Crippen LogP contribution >= 0.6 is 0 Å². The molecule has 0 saturated heterocycles. The summed E-state index contributed by atoms with van der Waals surface area (Å²) in [6.07, 6.45) is 6.50. The molecule has 0 bridgehead atoms. The van der Waals surface area contributed by atoms with Gasteiger partial charge in [-0.1, -0.05) is 37.6 Å². The van der Waals surface area contributed by atoms with Crippen LogP contribution in [0.5, 0.6) is 5.75 Å². The number of rotatable bonds is 7. The first-order valence-corrected chi connectivity index (χ1v) is 10.8. The fraction of sp³-hybridized carbons (Fsp3) is 0.385. The molecule has 2 aromatic carbocycles. The fourth-order valence-corrected chi connectivity index (χ4v) is 4.86. The van der Waals surface area contributed by atoms with E-state index in [9.17, 15) is 13.9 Å². The first-order valence-electron chi connectivity index (χ1n) is 10.8. The van der Waals surface area contributed by atoms with Gasteiger partial charge in [-0.2, -0.15) is 0 Å². The van der Waals surface area contributed by atoms with E-state index in [2.05, 4.69) is 12.2 Å². The van der Waals surface area contributed by atoms with E-state index < -0.39 is 6.10 Å². The molecule has 0 saturated carbocycles. The van der Waals surface area contributed by atoms with E-state index in [1.807, 2.05) is 26.0 Å². The van der Waals surface area contributed by atoms with E-state index in [0.717, 1.165) is 36.0 Å². The molecule has 3 unspecified atom stereocenters. The topological polar surface area (TPSA) is 29.5 Å². The highest BCUT2D eigenvalue weighted by atomic mass is 19.1. The van der Waals surface area contributed by atoms with E-state index in [0.29, 0.717) is 29.9 Å². The van der Waals surface area contributed by atoms with Crippen LogP contribution in [0.3, 0.4) is 0 Å². The largest absolute Gasteiger partial charge is 0.494 e. The second-order valence-corrected chi connectivity index (χ2v) is 8.12. The third-order valence-electron chi connectivity index (χ3n) is 6.29. The minimum absolute atomic E-state index is 0.209. The standard InChI is InChI=1S/C26H28F2O2/c1-3-5-26(29)23-8-6-16(14-24(23)27)18-10-11-20-19(18)12-13-21(20)22-9-7-17(30-4-2)15-25(22)28/h6-10,13-15,19-20,26,29H,3-5,11-12H2,1-2H3. The van der Waals surface area contributed by atoms with Crippen molar-refractivity contribution in [2.75, 3.05) is 6.61 Å². The van der Waals surface area contributed by atoms with E-state index in [-0.39, 0.29) is 23.5 Å². The second-order valence-electron chi connectivity index (χ2n) is 8.12. The fourth-order valence-electron chi connectivity index (χ4n) is 4.86. The number of hydrogen-bond acceptors (Lipinski definition) is 2. The van der Waals surface area contributed by atoms with Crippen molar-refractivity contribution >= 4 is 11.1 Å². The summed E-state index contributed by atoms with van der Waals surface area (Å²) in [5.41, 5.74) is 3.99. The van der Waals surface area contributed by atoms with Crippen molar-refractivity contribution in [1.82, 2.24) is 0 Å². The lowest BCUT2D eigenvalue weighted by Gasteiger charge is -2.20. The average Bonchev–Trinajstić information content (AvgIpc) is 3.31. The number of fused-ring (bicyclic) bond motifs is 1. The molecule has 30 heavy (non-hydrogen) atoms. The van der Waals surface area contributed by atoms with Crippen LogP contribution in [-0.2, 0) is 0 Å². The highest BCUT2D eigenvalue weighted by Crippen LogP contribution is 2.51. The van der Waals surface area contributed by atoms with E-state index >= 15 is 0 Å². The van der Waals surface area contributed by atoms with Crippen LogP contribution < -0.4 is 4.74 Å². The molecule has 2 nitrogen and oxygen atoms in total. The monoisotopic (exact) mass is 410 g/mol. The normalized spacial score (nSPS) is 21.2. The molecule has 3 atom stereocenters. The highest BCUT2D eigenvalue weighted by molar-refractivity contribution is 5.80. The quantitative estimate of drug-likeness (QED) is 0.550. The molecule has 2 aliphatic rings. The molecule has 0 amide bonds. The molecule has 0 aliphatic heterocycles. The van der Waals surface area contributed by atoms with Crippen molar-refractivity contribution in [3.05, 3.63) is 76.9 Å². The molecule has 0 aromatic heterocycles. The van der Waals surface area contributed by atoms with Gasteiger partial charge in [-0.25, -0.2) is 8.78 Å². The molecule has 0 radical (unpaired) electrons. The van der Waals surface area contributed by atoms with Crippen LogP contribution in [0.25, 0.3) is 11.1 Å². The predicted molar refractivity (Wildman–Crippen MR) is 116 cm³/mol. The zero-order valence-electron chi connectivity index (χ0n) is 17.5. The third-order valence-corrected chi connectivity index (χ3v) is 6.29. The van der Waals surface area contributed by atoms with Gasteiger partial charge in [0.25, 0.3) is 0 Å². The molecule has 158 valence electrons. The van der Waals surface area contributed by atoms with Crippen LogP contribution in [0, 0.1) is 23.5 Å². The van der Waals surface area contributed by atoms with Gasteiger partial charge < -0.3 is 9.84 Å². The molecule has 1 N–H and O–H groups in total. The number of benzene rings is 2. The number of aliphatic hydroxyl groups excluding tert-OH is 1. The summed E-state index contributed by atoms with van der Waals surface area (Å²) in [7, 11) is 0. The molecule has 0 heterocycles. The zero-order valence-corrected chi connectivity index (χ0v) is 17.5. The van der Waals surface area contributed by atoms with Crippen molar-refractivity contribution < 1.29 is 18.6 Å². The van der Waals surface area contributed by atoms with Gasteiger partial charge >= 0.3 is 0 Å². The maximum atomic E-state index is 14.7. The Morgan fingerprint density at radius 1 is 0.967 bits per heavy atom. The Morgan fingerprint density at radius 3 is 2.37 bits per heavy atom. The van der Waals surface area contributed by atoms with Gasteiger partial charge in [0.05, 0.1) is 12.7 Å². The first kappa shape index (κ1) is 20.8. The lowest BCUT2D eigenvalue weighted by molar-refractivity contribution is 0.162. The lowest BCUT2D eigenvalue weighted by atomic mass is 9.85. The summed E-state index contributed by atoms with van der Waals surface area (Å²) in [6.45, 7) is 4.35. The Morgan fingerprint density at radius 2 is 1.70 bits per heavy atom. The number of allylic oxidation sites excluding steroid dienone is 4. The van der Waals surface area contributed by atoms with Crippen molar-refractivity contribution in [2.45, 2.75) is 45.6 Å². The van der Waals surface area contributed by atoms with Crippen molar-refractivity contribution in [2.24, 2.45) is 11.8 Å². The number of ether oxygens (including phenoxy) is 1. The summed E-state index contributed by atoms with van der Waals surface area (Å²) >= 11 is 0. The summed E-state index contributed by atoms with van der Waals surface area (Å²) in [5.74, 6) is 0.362. The first-order chi connectivity index (χ1) is 14.5. The maximum Gasteiger partial charge on any atom is 0.134 e. The van der Waals surface area contributed by atoms with Gasteiger partial charge in [0.2, 0.25) is 0 Å². The van der Waals surface area contributed by atoms with Gasteiger partial charge in [-0.15, -0.1) is 0 Å². The number of hydrogen-bond donors (Lipinski definition) is 1. The van der Waals surface area contributed by atoms with E-state index in [1.165, 1.54) is 12.1 Å². The van der Waals surface area contributed by atoms with Crippen LogP contribution in [0.2, 0.25) is 0 Å². The average molecular weight is 411 g/mol. The number of aliphatic hydroxyl groups is 1. The summed E-state index contributed by atoms with van der Waals surface area (Å²) in [4.78, 5) is 0. The Hall–Kier alpha value is -2.46. The van der Waals surface area contributed by atoms with Gasteiger partial charge in [-0.3, -0.25) is 0 Å². The van der Waals surface area contributed by atoms with Gasteiger partial charge in [0, 0.05) is 17.2 Å². The van der Waals surface area contributed by atoms with Crippen LogP contribution in [0.1, 0.15) is 62.3 Å². The Kier molecular flexibility index (Phi) is 6.05. The minimum atomic E-state index is -0.767. The van der Waals surface area contributed by atoms with Gasteiger partial charge in [0.15, 0.2) is 0 Å². The zero-order chi connectivity index (χ0) is 21.3. The van der Waals surface area contributed by atoms with Crippen LogP contribution in [0.15, 0.2) is 48.6 Å². The molecule has 2 aromatic rings. The molecular formula is C26H28F2O2. The molecule has 0 spiro atoms. The lowest BCUT2D eigenvalue weighted by Crippen LogP contribution is -2.08. The molecule has 2 aliphatic carbocycles. The van der Waals surface area contributed by atoms with E-state index in [4.69, 9.17) is 4.74 Å². The molecular weight excluding hydrogens is 382 g/mol. The van der Waals surface area contributed by atoms with E-state index in [1.54, 1.807) is 12.1 Å². The minimum Gasteiger partial charge on any atom is -0.494 e. The summed E-state index contributed by atoms with van der Waals surface area (Å²) in [5, 5.41) is 10.1. The van der Waals surface area contributed by atoms with Crippen LogP contribution in [0.4, 0.5) is 8.78 Å². The SMILES string of the molecule is CCCC(O)c1ccc(C2=CCC3C(c4ccc(OCC)cc4F)=CCC23)cc1F. The molecule has 0 fully saturated rings. The van der Waals surface area contributed by atoms with Crippen molar-refractivity contribution in [3.63, 3.8) is 0 Å². The van der Waals surface area contributed by atoms with Gasteiger partial charge in [-0.05, 0) is 72.9 Å².